The first-order chi connectivity index (χ1) is 8.68. The second-order valence-electron chi connectivity index (χ2n) is 4.16. The molecule has 0 amide bonds. The number of aliphatic carboxylic acids is 1. The Morgan fingerprint density at radius 1 is 1.53 bits per heavy atom. The zero-order valence-corrected chi connectivity index (χ0v) is 11.6. The molecule has 0 aliphatic carbocycles. The zero-order valence-electron chi connectivity index (χ0n) is 10.8. The van der Waals surface area contributed by atoms with Gasteiger partial charge in [0.05, 0.1) is 16.8 Å². The van der Waals surface area contributed by atoms with Gasteiger partial charge < -0.3 is 5.11 Å². The maximum atomic E-state index is 12.8. The molecule has 4 nitrogen and oxygen atoms in total. The van der Waals surface area contributed by atoms with Gasteiger partial charge in [-0.1, -0.05) is 18.7 Å². The van der Waals surface area contributed by atoms with E-state index in [9.17, 15) is 18.0 Å². The number of thioether (sulfide) groups is 1. The Balaban J connectivity index is 3.24. The lowest BCUT2D eigenvalue weighted by Gasteiger charge is -2.13. The summed E-state index contributed by atoms with van der Waals surface area (Å²) in [5.41, 5.74) is -0.959. The van der Waals surface area contributed by atoms with Gasteiger partial charge in [-0.25, -0.2) is 0 Å². The molecule has 108 valence electrons. The lowest BCUT2D eigenvalue weighted by atomic mass is 10.2. The summed E-state index contributed by atoms with van der Waals surface area (Å²) in [6, 6.07) is -0.217. The number of hydrogen-bond donors (Lipinski definition) is 1. The third-order valence-corrected chi connectivity index (χ3v) is 3.86. The first-order valence-electron chi connectivity index (χ1n) is 5.69. The summed E-state index contributed by atoms with van der Waals surface area (Å²) in [5.74, 6) is -1.37. The summed E-state index contributed by atoms with van der Waals surface area (Å²) in [6.45, 7) is 4.90. The Bertz CT molecular complexity index is 471. The quantitative estimate of drug-likeness (QED) is 0.847. The van der Waals surface area contributed by atoms with Crippen LogP contribution in [0.5, 0.6) is 0 Å². The van der Waals surface area contributed by atoms with E-state index in [1.807, 2.05) is 6.92 Å². The number of carbonyl (C=O) groups is 1. The highest BCUT2D eigenvalue weighted by atomic mass is 32.2. The minimum absolute atomic E-state index is 0.0148. The SMILES string of the molecule is CCC(C)n1nc(C(F)(F)F)c(C)c1SCC(=O)O. The van der Waals surface area contributed by atoms with Crippen molar-refractivity contribution in [3.63, 3.8) is 0 Å². The van der Waals surface area contributed by atoms with Gasteiger partial charge in [-0.3, -0.25) is 9.48 Å². The number of rotatable bonds is 5. The van der Waals surface area contributed by atoms with Crippen LogP contribution < -0.4 is 0 Å². The summed E-state index contributed by atoms with van der Waals surface area (Å²) in [5, 5.41) is 12.5. The van der Waals surface area contributed by atoms with Crippen LogP contribution in [-0.2, 0) is 11.0 Å². The summed E-state index contributed by atoms with van der Waals surface area (Å²) < 4.78 is 39.7. The van der Waals surface area contributed by atoms with E-state index >= 15 is 0 Å². The van der Waals surface area contributed by atoms with Crippen molar-refractivity contribution in [2.75, 3.05) is 5.75 Å². The predicted molar refractivity (Wildman–Crippen MR) is 65.3 cm³/mol. The van der Waals surface area contributed by atoms with Crippen molar-refractivity contribution in [2.24, 2.45) is 0 Å². The van der Waals surface area contributed by atoms with E-state index in [0.29, 0.717) is 6.42 Å². The monoisotopic (exact) mass is 296 g/mol. The van der Waals surface area contributed by atoms with E-state index < -0.39 is 17.8 Å². The van der Waals surface area contributed by atoms with Crippen LogP contribution in [0.4, 0.5) is 13.2 Å². The molecule has 0 aromatic carbocycles. The molecular weight excluding hydrogens is 281 g/mol. The third kappa shape index (κ3) is 3.65. The van der Waals surface area contributed by atoms with Crippen LogP contribution in [0.1, 0.15) is 37.6 Å². The number of aromatic nitrogens is 2. The maximum absolute atomic E-state index is 12.8. The van der Waals surface area contributed by atoms with E-state index in [1.165, 1.54) is 11.6 Å². The summed E-state index contributed by atoms with van der Waals surface area (Å²) in [6.07, 6.45) is -3.92. The molecule has 0 aliphatic rings. The Morgan fingerprint density at radius 2 is 2.11 bits per heavy atom. The molecule has 1 aromatic rings. The van der Waals surface area contributed by atoms with Gasteiger partial charge >= 0.3 is 12.1 Å². The van der Waals surface area contributed by atoms with Crippen LogP contribution in [0.25, 0.3) is 0 Å². The third-order valence-electron chi connectivity index (χ3n) is 2.70. The molecule has 1 aromatic heterocycles. The molecular formula is C11H15F3N2O2S. The first-order valence-corrected chi connectivity index (χ1v) is 6.67. The molecule has 1 rings (SSSR count). The summed E-state index contributed by atoms with van der Waals surface area (Å²) in [4.78, 5) is 10.6. The Kier molecular flexibility index (Phi) is 4.89. The van der Waals surface area contributed by atoms with Gasteiger partial charge in [0.15, 0.2) is 5.69 Å². The fraction of sp³-hybridized carbons (Fsp3) is 0.636. The summed E-state index contributed by atoms with van der Waals surface area (Å²) >= 11 is 0.863. The number of hydrogen-bond acceptors (Lipinski definition) is 3. The molecule has 1 N–H and O–H groups in total. The van der Waals surface area contributed by atoms with Gasteiger partial charge in [0.1, 0.15) is 0 Å². The van der Waals surface area contributed by atoms with Crippen molar-refractivity contribution in [1.82, 2.24) is 9.78 Å². The minimum Gasteiger partial charge on any atom is -0.481 e. The average molecular weight is 296 g/mol. The molecule has 19 heavy (non-hydrogen) atoms. The molecule has 0 spiro atoms. The van der Waals surface area contributed by atoms with E-state index in [0.717, 1.165) is 11.8 Å². The fourth-order valence-electron chi connectivity index (χ4n) is 1.55. The average Bonchev–Trinajstić information content (AvgIpc) is 2.62. The Labute approximate surface area is 113 Å². The summed E-state index contributed by atoms with van der Waals surface area (Å²) in [7, 11) is 0. The van der Waals surface area contributed by atoms with Crippen LogP contribution in [0.15, 0.2) is 5.03 Å². The molecule has 1 atom stereocenters. The predicted octanol–water partition coefficient (Wildman–Crippen LogP) is 3.36. The molecule has 8 heteroatoms. The van der Waals surface area contributed by atoms with Crippen LogP contribution >= 0.6 is 11.8 Å². The van der Waals surface area contributed by atoms with Crippen molar-refractivity contribution >= 4 is 17.7 Å². The lowest BCUT2D eigenvalue weighted by molar-refractivity contribution is -0.142. The molecule has 0 saturated heterocycles. The second-order valence-corrected chi connectivity index (χ2v) is 5.12. The molecule has 0 bridgehead atoms. The van der Waals surface area contributed by atoms with Gasteiger partial charge in [-0.2, -0.15) is 18.3 Å². The highest BCUT2D eigenvalue weighted by molar-refractivity contribution is 7.99. The van der Waals surface area contributed by atoms with E-state index in [1.54, 1.807) is 6.92 Å². The van der Waals surface area contributed by atoms with E-state index in [4.69, 9.17) is 5.11 Å². The maximum Gasteiger partial charge on any atom is 0.435 e. The highest BCUT2D eigenvalue weighted by Gasteiger charge is 2.38. The van der Waals surface area contributed by atoms with Gasteiger partial charge in [-0.05, 0) is 20.3 Å². The van der Waals surface area contributed by atoms with Gasteiger partial charge in [0.25, 0.3) is 0 Å². The Hall–Kier alpha value is -1.18. The van der Waals surface area contributed by atoms with E-state index in [-0.39, 0.29) is 22.4 Å². The zero-order chi connectivity index (χ0) is 14.8. The van der Waals surface area contributed by atoms with E-state index in [2.05, 4.69) is 5.10 Å². The number of alkyl halides is 3. The minimum atomic E-state index is -4.53. The largest absolute Gasteiger partial charge is 0.481 e. The van der Waals surface area contributed by atoms with Crippen molar-refractivity contribution < 1.29 is 23.1 Å². The van der Waals surface area contributed by atoms with Crippen molar-refractivity contribution in [3.8, 4) is 0 Å². The van der Waals surface area contributed by atoms with Gasteiger partial charge in [0.2, 0.25) is 0 Å². The topological polar surface area (TPSA) is 55.1 Å². The van der Waals surface area contributed by atoms with Crippen molar-refractivity contribution in [3.05, 3.63) is 11.3 Å². The number of carboxylic acid groups (broad SMARTS) is 1. The van der Waals surface area contributed by atoms with Crippen molar-refractivity contribution in [1.29, 1.82) is 0 Å². The van der Waals surface area contributed by atoms with Crippen LogP contribution in [-0.4, -0.2) is 26.6 Å². The van der Waals surface area contributed by atoms with Crippen LogP contribution in [0.3, 0.4) is 0 Å². The highest BCUT2D eigenvalue weighted by Crippen LogP contribution is 2.37. The fourth-order valence-corrected chi connectivity index (χ4v) is 2.47. The molecule has 0 radical (unpaired) electrons. The van der Waals surface area contributed by atoms with Gasteiger partial charge in [0, 0.05) is 5.56 Å². The van der Waals surface area contributed by atoms with Crippen LogP contribution in [0.2, 0.25) is 0 Å². The molecule has 1 unspecified atom stereocenters. The number of carboxylic acids is 1. The van der Waals surface area contributed by atoms with Crippen LogP contribution in [0, 0.1) is 6.92 Å². The number of halogens is 3. The molecule has 0 aliphatic heterocycles. The lowest BCUT2D eigenvalue weighted by Crippen LogP contribution is -2.11. The molecule has 0 saturated carbocycles. The number of nitrogens with zero attached hydrogens (tertiary/aromatic N) is 2. The first kappa shape index (κ1) is 15.9. The molecule has 1 heterocycles. The van der Waals surface area contributed by atoms with Gasteiger partial charge in [-0.15, -0.1) is 0 Å². The molecule has 0 fully saturated rings. The van der Waals surface area contributed by atoms with Crippen molar-refractivity contribution in [2.45, 2.75) is 44.4 Å². The Morgan fingerprint density at radius 3 is 2.53 bits per heavy atom. The normalized spacial score (nSPS) is 13.6. The second kappa shape index (κ2) is 5.85. The standard InChI is InChI=1S/C11H15F3N2O2S/c1-4-6(2)16-10(19-5-8(17)18)7(3)9(15-16)11(12,13)14/h6H,4-5H2,1-3H3,(H,17,18). The smallest absolute Gasteiger partial charge is 0.435 e.